The second kappa shape index (κ2) is 6.83. The number of nitrogens with one attached hydrogen (secondary N) is 1. The van der Waals surface area contributed by atoms with Crippen LogP contribution < -0.4 is 5.32 Å². The Hall–Kier alpha value is -1.72. The van der Waals surface area contributed by atoms with E-state index in [1.807, 2.05) is 11.9 Å². The molecule has 2 N–H and O–H groups in total. The summed E-state index contributed by atoms with van der Waals surface area (Å²) in [5, 5.41) is 12.1. The molecule has 0 aliphatic heterocycles. The molecule has 1 aliphatic rings. The minimum Gasteiger partial charge on any atom is -0.393 e. The van der Waals surface area contributed by atoms with Crippen LogP contribution in [0.3, 0.4) is 0 Å². The van der Waals surface area contributed by atoms with Crippen LogP contribution in [-0.4, -0.2) is 47.9 Å². The molecular weight excluding hydrogens is 268 g/mol. The van der Waals surface area contributed by atoms with Crippen LogP contribution in [0.15, 0.2) is 24.3 Å². The number of anilines is 1. The lowest BCUT2D eigenvalue weighted by molar-refractivity contribution is -0.117. The summed E-state index contributed by atoms with van der Waals surface area (Å²) >= 11 is 0. The summed E-state index contributed by atoms with van der Waals surface area (Å²) in [6.45, 7) is 2.66. The van der Waals surface area contributed by atoms with Crippen molar-refractivity contribution in [3.05, 3.63) is 29.8 Å². The lowest BCUT2D eigenvalue weighted by atomic mass is 9.82. The van der Waals surface area contributed by atoms with Crippen molar-refractivity contribution in [1.82, 2.24) is 4.90 Å². The molecule has 0 aromatic heterocycles. The highest BCUT2D eigenvalue weighted by atomic mass is 16.3. The molecular formula is C16H22N2O3. The number of likely N-dealkylation sites (N-methyl/N-ethyl adjacent to an activating group) is 1. The lowest BCUT2D eigenvalue weighted by Gasteiger charge is -2.34. The van der Waals surface area contributed by atoms with Gasteiger partial charge >= 0.3 is 0 Å². The van der Waals surface area contributed by atoms with Crippen molar-refractivity contribution in [2.45, 2.75) is 25.9 Å². The zero-order chi connectivity index (χ0) is 15.4. The SMILES string of the molecule is CC(=O)c1ccc(NC(=O)CN(C)CC2CC(O)C2)cc1. The van der Waals surface area contributed by atoms with Gasteiger partial charge in [0.2, 0.25) is 5.91 Å². The number of amides is 1. The van der Waals surface area contributed by atoms with Crippen LogP contribution in [0, 0.1) is 5.92 Å². The summed E-state index contributed by atoms with van der Waals surface area (Å²) in [5.41, 5.74) is 1.33. The number of nitrogens with zero attached hydrogens (tertiary/aromatic N) is 1. The molecule has 0 unspecified atom stereocenters. The Bertz CT molecular complexity index is 507. The second-order valence-corrected chi connectivity index (χ2v) is 5.87. The number of Topliss-reactive ketones (excluding diaryl/α,β-unsaturated/α-hetero) is 1. The van der Waals surface area contributed by atoms with Crippen LogP contribution in [0.2, 0.25) is 0 Å². The third-order valence-electron chi connectivity index (χ3n) is 3.77. The maximum absolute atomic E-state index is 11.9. The fourth-order valence-corrected chi connectivity index (χ4v) is 2.59. The normalized spacial score (nSPS) is 21.0. The highest BCUT2D eigenvalue weighted by Gasteiger charge is 2.28. The van der Waals surface area contributed by atoms with E-state index in [-0.39, 0.29) is 17.8 Å². The third kappa shape index (κ3) is 4.65. The first-order valence-electron chi connectivity index (χ1n) is 7.21. The van der Waals surface area contributed by atoms with E-state index in [1.54, 1.807) is 24.3 Å². The quantitative estimate of drug-likeness (QED) is 0.780. The monoisotopic (exact) mass is 290 g/mol. The van der Waals surface area contributed by atoms with Gasteiger partial charge in [0, 0.05) is 17.8 Å². The number of aliphatic hydroxyl groups excluding tert-OH is 1. The zero-order valence-electron chi connectivity index (χ0n) is 12.5. The van der Waals surface area contributed by atoms with Crippen LogP contribution in [0.5, 0.6) is 0 Å². The Morgan fingerprint density at radius 1 is 1.29 bits per heavy atom. The van der Waals surface area contributed by atoms with Crippen LogP contribution >= 0.6 is 0 Å². The van der Waals surface area contributed by atoms with Crippen LogP contribution in [-0.2, 0) is 4.79 Å². The van der Waals surface area contributed by atoms with Crippen molar-refractivity contribution in [3.63, 3.8) is 0 Å². The molecule has 1 saturated carbocycles. The standard InChI is InChI=1S/C16H22N2O3/c1-11(19)13-3-5-14(6-4-13)17-16(21)10-18(2)9-12-7-15(20)8-12/h3-6,12,15,20H,7-10H2,1-2H3,(H,17,21). The summed E-state index contributed by atoms with van der Waals surface area (Å²) < 4.78 is 0. The van der Waals surface area contributed by atoms with E-state index in [4.69, 9.17) is 0 Å². The Morgan fingerprint density at radius 3 is 2.43 bits per heavy atom. The van der Waals surface area contributed by atoms with Crippen molar-refractivity contribution in [3.8, 4) is 0 Å². The largest absolute Gasteiger partial charge is 0.393 e. The highest BCUT2D eigenvalue weighted by molar-refractivity contribution is 5.96. The van der Waals surface area contributed by atoms with Gasteiger partial charge in [-0.2, -0.15) is 0 Å². The molecule has 1 fully saturated rings. The fourth-order valence-electron chi connectivity index (χ4n) is 2.59. The average molecular weight is 290 g/mol. The van der Waals surface area contributed by atoms with Gasteiger partial charge in [-0.15, -0.1) is 0 Å². The molecule has 0 spiro atoms. The molecule has 114 valence electrons. The average Bonchev–Trinajstić information content (AvgIpc) is 2.37. The topological polar surface area (TPSA) is 69.6 Å². The molecule has 0 saturated heterocycles. The van der Waals surface area contributed by atoms with Crippen LogP contribution in [0.4, 0.5) is 5.69 Å². The van der Waals surface area contributed by atoms with Gasteiger partial charge in [0.15, 0.2) is 5.78 Å². The van der Waals surface area contributed by atoms with Crippen molar-refractivity contribution < 1.29 is 14.7 Å². The van der Waals surface area contributed by atoms with Gasteiger partial charge in [0.25, 0.3) is 0 Å². The van der Waals surface area contributed by atoms with Gasteiger partial charge in [-0.3, -0.25) is 14.5 Å². The molecule has 2 rings (SSSR count). The summed E-state index contributed by atoms with van der Waals surface area (Å²) in [5.74, 6) is 0.427. The van der Waals surface area contributed by atoms with E-state index < -0.39 is 0 Å². The molecule has 0 heterocycles. The first-order valence-corrected chi connectivity index (χ1v) is 7.21. The Labute approximate surface area is 125 Å². The van der Waals surface area contributed by atoms with Gasteiger partial charge in [-0.05, 0) is 57.0 Å². The molecule has 21 heavy (non-hydrogen) atoms. The predicted octanol–water partition coefficient (Wildman–Crippen LogP) is 1.53. The molecule has 1 aromatic rings. The van der Waals surface area contributed by atoms with Gasteiger partial charge in [0.1, 0.15) is 0 Å². The number of rotatable bonds is 6. The van der Waals surface area contributed by atoms with E-state index in [9.17, 15) is 14.7 Å². The number of hydrogen-bond acceptors (Lipinski definition) is 4. The number of benzene rings is 1. The predicted molar refractivity (Wildman–Crippen MR) is 81.3 cm³/mol. The number of carbonyl (C=O) groups excluding carboxylic acids is 2. The van der Waals surface area contributed by atoms with Crippen LogP contribution in [0.25, 0.3) is 0 Å². The van der Waals surface area contributed by atoms with Crippen molar-refractivity contribution in [2.24, 2.45) is 5.92 Å². The first kappa shape index (κ1) is 15.7. The second-order valence-electron chi connectivity index (χ2n) is 5.87. The molecule has 0 atom stereocenters. The van der Waals surface area contributed by atoms with E-state index in [0.717, 1.165) is 19.4 Å². The smallest absolute Gasteiger partial charge is 0.238 e. The van der Waals surface area contributed by atoms with E-state index in [2.05, 4.69) is 5.32 Å². The maximum atomic E-state index is 11.9. The molecule has 5 heteroatoms. The summed E-state index contributed by atoms with van der Waals surface area (Å²) in [4.78, 5) is 25.1. The molecule has 5 nitrogen and oxygen atoms in total. The van der Waals surface area contributed by atoms with Gasteiger partial charge in [0.05, 0.1) is 12.6 Å². The van der Waals surface area contributed by atoms with Gasteiger partial charge < -0.3 is 10.4 Å². The minimum atomic E-state index is -0.156. The number of carbonyl (C=O) groups is 2. The summed E-state index contributed by atoms with van der Waals surface area (Å²) in [7, 11) is 1.91. The van der Waals surface area contributed by atoms with Crippen molar-refractivity contribution in [1.29, 1.82) is 0 Å². The van der Waals surface area contributed by atoms with Crippen LogP contribution in [0.1, 0.15) is 30.1 Å². The van der Waals surface area contributed by atoms with E-state index in [1.165, 1.54) is 6.92 Å². The zero-order valence-corrected chi connectivity index (χ0v) is 12.5. The third-order valence-corrected chi connectivity index (χ3v) is 3.77. The van der Waals surface area contributed by atoms with Gasteiger partial charge in [-0.25, -0.2) is 0 Å². The molecule has 0 bridgehead atoms. The molecule has 1 amide bonds. The van der Waals surface area contributed by atoms with E-state index >= 15 is 0 Å². The lowest BCUT2D eigenvalue weighted by Crippen LogP contribution is -2.39. The Kier molecular flexibility index (Phi) is 5.09. The number of aliphatic hydroxyl groups is 1. The van der Waals surface area contributed by atoms with Crippen molar-refractivity contribution in [2.75, 3.05) is 25.5 Å². The molecule has 1 aromatic carbocycles. The highest BCUT2D eigenvalue weighted by Crippen LogP contribution is 2.27. The maximum Gasteiger partial charge on any atom is 0.238 e. The Balaban J connectivity index is 1.77. The minimum absolute atomic E-state index is 0.00953. The molecule has 1 aliphatic carbocycles. The first-order chi connectivity index (χ1) is 9.94. The summed E-state index contributed by atoms with van der Waals surface area (Å²) in [6.07, 6.45) is 1.51. The van der Waals surface area contributed by atoms with E-state index in [0.29, 0.717) is 23.7 Å². The summed E-state index contributed by atoms with van der Waals surface area (Å²) in [6, 6.07) is 6.88. The van der Waals surface area contributed by atoms with Crippen molar-refractivity contribution >= 4 is 17.4 Å². The number of ketones is 1. The number of hydrogen-bond donors (Lipinski definition) is 2. The van der Waals surface area contributed by atoms with Gasteiger partial charge in [-0.1, -0.05) is 0 Å². The fraction of sp³-hybridized carbons (Fsp3) is 0.500. The Morgan fingerprint density at radius 2 is 1.90 bits per heavy atom. The molecule has 0 radical (unpaired) electrons.